The molecule has 3 amide bonds. The second kappa shape index (κ2) is 10.3. The van der Waals surface area contributed by atoms with E-state index in [0.29, 0.717) is 41.5 Å². The third kappa shape index (κ3) is 5.60. The number of hydrogen-bond donors (Lipinski definition) is 2. The van der Waals surface area contributed by atoms with Gasteiger partial charge in [0.25, 0.3) is 11.8 Å². The molecule has 0 bridgehead atoms. The van der Waals surface area contributed by atoms with Gasteiger partial charge in [0.05, 0.1) is 5.92 Å². The molecule has 1 unspecified atom stereocenters. The van der Waals surface area contributed by atoms with Gasteiger partial charge in [-0.2, -0.15) is 0 Å². The van der Waals surface area contributed by atoms with Crippen molar-refractivity contribution in [3.8, 4) is 0 Å². The van der Waals surface area contributed by atoms with Gasteiger partial charge in [0.15, 0.2) is 0 Å². The Morgan fingerprint density at radius 3 is 2.37 bits per heavy atom. The summed E-state index contributed by atoms with van der Waals surface area (Å²) in [5.41, 5.74) is 1.64. The van der Waals surface area contributed by atoms with Crippen molar-refractivity contribution in [2.45, 2.75) is 26.2 Å². The molecule has 0 aliphatic carbocycles. The highest BCUT2D eigenvalue weighted by molar-refractivity contribution is 6.30. The summed E-state index contributed by atoms with van der Waals surface area (Å²) in [5, 5.41) is 6.29. The first-order valence-electron chi connectivity index (χ1n) is 10.2. The maximum Gasteiger partial charge on any atom is 0.255 e. The van der Waals surface area contributed by atoms with Gasteiger partial charge in [-0.3, -0.25) is 14.4 Å². The van der Waals surface area contributed by atoms with Crippen LogP contribution in [-0.4, -0.2) is 42.3 Å². The van der Waals surface area contributed by atoms with Crippen molar-refractivity contribution in [1.82, 2.24) is 10.2 Å². The molecule has 1 saturated heterocycles. The molecule has 0 aromatic heterocycles. The van der Waals surface area contributed by atoms with E-state index >= 15 is 0 Å². The van der Waals surface area contributed by atoms with Crippen LogP contribution in [0, 0.1) is 5.92 Å². The zero-order valence-electron chi connectivity index (χ0n) is 17.0. The van der Waals surface area contributed by atoms with Gasteiger partial charge in [-0.1, -0.05) is 18.5 Å². The minimum Gasteiger partial charge on any atom is -0.356 e. The summed E-state index contributed by atoms with van der Waals surface area (Å²) in [4.78, 5) is 39.1. The zero-order valence-corrected chi connectivity index (χ0v) is 17.7. The lowest BCUT2D eigenvalue weighted by Gasteiger charge is -2.32. The SMILES string of the molecule is CCCNC(=O)C1CCCN(C(=O)c2ccc(NC(=O)c3ccc(Cl)cc3)cc2)C1. The standard InChI is InChI=1S/C23H26ClN3O3/c1-2-13-25-21(28)18-4-3-14-27(15-18)23(30)17-7-11-20(12-8-17)26-22(29)16-5-9-19(24)10-6-16/h5-12,18H,2-4,13-15H2,1H3,(H,25,28)(H,26,29). The van der Waals surface area contributed by atoms with Gasteiger partial charge in [-0.05, 0) is 67.8 Å². The fraction of sp³-hybridized carbons (Fsp3) is 0.348. The lowest BCUT2D eigenvalue weighted by Crippen LogP contribution is -2.45. The molecule has 1 heterocycles. The van der Waals surface area contributed by atoms with E-state index in [9.17, 15) is 14.4 Å². The molecule has 1 aliphatic heterocycles. The molecule has 3 rings (SSSR count). The summed E-state index contributed by atoms with van der Waals surface area (Å²) in [6.07, 6.45) is 2.50. The van der Waals surface area contributed by atoms with E-state index in [0.717, 1.165) is 19.3 Å². The maximum atomic E-state index is 12.9. The molecule has 158 valence electrons. The number of benzene rings is 2. The van der Waals surface area contributed by atoms with Gasteiger partial charge >= 0.3 is 0 Å². The predicted molar refractivity (Wildman–Crippen MR) is 118 cm³/mol. The van der Waals surface area contributed by atoms with Crippen LogP contribution in [0.5, 0.6) is 0 Å². The number of halogens is 1. The maximum absolute atomic E-state index is 12.9. The highest BCUT2D eigenvalue weighted by Crippen LogP contribution is 2.20. The first-order valence-corrected chi connectivity index (χ1v) is 10.6. The monoisotopic (exact) mass is 427 g/mol. The number of amides is 3. The van der Waals surface area contributed by atoms with E-state index in [1.165, 1.54) is 0 Å². The van der Waals surface area contributed by atoms with E-state index in [1.807, 2.05) is 6.92 Å². The highest BCUT2D eigenvalue weighted by Gasteiger charge is 2.28. The second-order valence-electron chi connectivity index (χ2n) is 7.42. The number of rotatable bonds is 6. The predicted octanol–water partition coefficient (Wildman–Crippen LogP) is 3.97. The van der Waals surface area contributed by atoms with E-state index in [1.54, 1.807) is 53.4 Å². The molecular weight excluding hydrogens is 402 g/mol. The van der Waals surface area contributed by atoms with Crippen LogP contribution in [0.25, 0.3) is 0 Å². The summed E-state index contributed by atoms with van der Waals surface area (Å²) >= 11 is 5.85. The number of anilines is 1. The number of hydrogen-bond acceptors (Lipinski definition) is 3. The Morgan fingerprint density at radius 2 is 1.70 bits per heavy atom. The largest absolute Gasteiger partial charge is 0.356 e. The topological polar surface area (TPSA) is 78.5 Å². The average Bonchev–Trinajstić information content (AvgIpc) is 2.78. The lowest BCUT2D eigenvalue weighted by atomic mass is 9.96. The van der Waals surface area contributed by atoms with Gasteiger partial charge in [0, 0.05) is 41.5 Å². The first-order chi connectivity index (χ1) is 14.5. The molecule has 1 atom stereocenters. The first kappa shape index (κ1) is 21.8. The summed E-state index contributed by atoms with van der Waals surface area (Å²) < 4.78 is 0. The fourth-order valence-corrected chi connectivity index (χ4v) is 3.58. The molecule has 0 spiro atoms. The molecule has 0 saturated carbocycles. The molecule has 2 aromatic rings. The Balaban J connectivity index is 1.59. The van der Waals surface area contributed by atoms with Gasteiger partial charge in [-0.15, -0.1) is 0 Å². The molecule has 1 aliphatic rings. The number of carbonyl (C=O) groups excluding carboxylic acids is 3. The van der Waals surface area contributed by atoms with Gasteiger partial charge in [0.1, 0.15) is 0 Å². The Kier molecular flexibility index (Phi) is 7.46. The van der Waals surface area contributed by atoms with Crippen molar-refractivity contribution >= 4 is 35.0 Å². The van der Waals surface area contributed by atoms with Crippen molar-refractivity contribution in [3.63, 3.8) is 0 Å². The summed E-state index contributed by atoms with van der Waals surface area (Å²) in [5.74, 6) is -0.483. The average molecular weight is 428 g/mol. The molecule has 6 nitrogen and oxygen atoms in total. The van der Waals surface area contributed by atoms with Crippen LogP contribution >= 0.6 is 11.6 Å². The van der Waals surface area contributed by atoms with Crippen LogP contribution in [0.3, 0.4) is 0 Å². The van der Waals surface area contributed by atoms with Crippen LogP contribution < -0.4 is 10.6 Å². The lowest BCUT2D eigenvalue weighted by molar-refractivity contribution is -0.126. The van der Waals surface area contributed by atoms with Crippen molar-refractivity contribution in [2.75, 3.05) is 25.0 Å². The van der Waals surface area contributed by atoms with Gasteiger partial charge in [0.2, 0.25) is 5.91 Å². The Hall–Kier alpha value is -2.86. The Labute approximate surface area is 181 Å². The number of piperidine rings is 1. The third-order valence-electron chi connectivity index (χ3n) is 5.12. The van der Waals surface area contributed by atoms with Crippen LogP contribution in [-0.2, 0) is 4.79 Å². The van der Waals surface area contributed by atoms with E-state index in [4.69, 9.17) is 11.6 Å². The number of nitrogens with zero attached hydrogens (tertiary/aromatic N) is 1. The molecular formula is C23H26ClN3O3. The molecule has 0 radical (unpaired) electrons. The minimum absolute atomic E-state index is 0.0228. The molecule has 30 heavy (non-hydrogen) atoms. The fourth-order valence-electron chi connectivity index (χ4n) is 3.45. The van der Waals surface area contributed by atoms with E-state index < -0.39 is 0 Å². The second-order valence-corrected chi connectivity index (χ2v) is 7.86. The van der Waals surface area contributed by atoms with Gasteiger partial charge in [-0.25, -0.2) is 0 Å². The van der Waals surface area contributed by atoms with E-state index in [-0.39, 0.29) is 23.6 Å². The smallest absolute Gasteiger partial charge is 0.255 e. The highest BCUT2D eigenvalue weighted by atomic mass is 35.5. The molecule has 1 fully saturated rings. The number of carbonyl (C=O) groups is 3. The molecule has 7 heteroatoms. The van der Waals surface area contributed by atoms with Crippen molar-refractivity contribution in [3.05, 3.63) is 64.7 Å². The Bertz CT molecular complexity index is 897. The normalized spacial score (nSPS) is 16.1. The van der Waals surface area contributed by atoms with Crippen molar-refractivity contribution in [2.24, 2.45) is 5.92 Å². The summed E-state index contributed by atoms with van der Waals surface area (Å²) in [6, 6.07) is 13.4. The van der Waals surface area contributed by atoms with Crippen LogP contribution in [0.1, 0.15) is 46.9 Å². The zero-order chi connectivity index (χ0) is 21.5. The molecule has 2 aromatic carbocycles. The number of nitrogens with one attached hydrogen (secondary N) is 2. The van der Waals surface area contributed by atoms with Crippen molar-refractivity contribution < 1.29 is 14.4 Å². The van der Waals surface area contributed by atoms with Crippen LogP contribution in [0.4, 0.5) is 5.69 Å². The van der Waals surface area contributed by atoms with Crippen molar-refractivity contribution in [1.29, 1.82) is 0 Å². The third-order valence-corrected chi connectivity index (χ3v) is 5.38. The minimum atomic E-state index is -0.247. The summed E-state index contributed by atoms with van der Waals surface area (Å²) in [7, 11) is 0. The van der Waals surface area contributed by atoms with E-state index in [2.05, 4.69) is 10.6 Å². The summed E-state index contributed by atoms with van der Waals surface area (Å²) in [6.45, 7) is 3.75. The van der Waals surface area contributed by atoms with Crippen LogP contribution in [0.15, 0.2) is 48.5 Å². The Morgan fingerprint density at radius 1 is 1.03 bits per heavy atom. The number of likely N-dealkylation sites (tertiary alicyclic amines) is 1. The quantitative estimate of drug-likeness (QED) is 0.732. The molecule has 2 N–H and O–H groups in total. The van der Waals surface area contributed by atoms with Crippen LogP contribution in [0.2, 0.25) is 5.02 Å². The van der Waals surface area contributed by atoms with Gasteiger partial charge < -0.3 is 15.5 Å².